The van der Waals surface area contributed by atoms with Crippen molar-refractivity contribution in [1.29, 1.82) is 0 Å². The third-order valence-corrected chi connectivity index (χ3v) is 4.92. The summed E-state index contributed by atoms with van der Waals surface area (Å²) in [7, 11) is 0. The lowest BCUT2D eigenvalue weighted by atomic mass is 10.1. The summed E-state index contributed by atoms with van der Waals surface area (Å²) in [4.78, 5) is 14.7. The molecule has 0 fully saturated rings. The number of nitrogens with one attached hydrogen (secondary N) is 1. The molecule has 27 heavy (non-hydrogen) atoms. The standard InChI is InChI=1S/C21H24N4OS/c1-3-24(14-13-17-7-5-4-6-8-17)19(26)15-25-20(22-23-21(25)27)18-11-9-16(2)10-12-18/h4-12H,3,13-15H2,1-2H3,(H,23,27). The van der Waals surface area contributed by atoms with Crippen LogP contribution in [0.1, 0.15) is 18.1 Å². The average Bonchev–Trinajstić information content (AvgIpc) is 3.04. The highest BCUT2D eigenvalue weighted by atomic mass is 32.1. The molecule has 0 atom stereocenters. The Hall–Kier alpha value is -2.73. The fourth-order valence-corrected chi connectivity index (χ4v) is 3.19. The van der Waals surface area contributed by atoms with Crippen LogP contribution in [0.25, 0.3) is 11.4 Å². The van der Waals surface area contributed by atoms with Crippen molar-refractivity contribution in [3.63, 3.8) is 0 Å². The Morgan fingerprint density at radius 1 is 1.15 bits per heavy atom. The molecule has 0 aliphatic carbocycles. The minimum Gasteiger partial charge on any atom is -0.341 e. The number of carbonyl (C=O) groups is 1. The van der Waals surface area contributed by atoms with Crippen molar-refractivity contribution < 1.29 is 4.79 Å². The predicted molar refractivity (Wildman–Crippen MR) is 110 cm³/mol. The van der Waals surface area contributed by atoms with E-state index in [2.05, 4.69) is 22.3 Å². The van der Waals surface area contributed by atoms with Gasteiger partial charge in [-0.2, -0.15) is 5.10 Å². The van der Waals surface area contributed by atoms with E-state index in [1.165, 1.54) is 11.1 Å². The number of amides is 1. The van der Waals surface area contributed by atoms with Gasteiger partial charge in [-0.15, -0.1) is 0 Å². The Labute approximate surface area is 164 Å². The van der Waals surface area contributed by atoms with Crippen LogP contribution < -0.4 is 0 Å². The number of likely N-dealkylation sites (N-methyl/N-ethyl adjacent to an activating group) is 1. The van der Waals surface area contributed by atoms with Crippen LogP contribution in [0.3, 0.4) is 0 Å². The van der Waals surface area contributed by atoms with Crippen molar-refractivity contribution in [3.8, 4) is 11.4 Å². The Morgan fingerprint density at radius 2 is 1.85 bits per heavy atom. The van der Waals surface area contributed by atoms with Crippen LogP contribution in [-0.4, -0.2) is 38.7 Å². The maximum absolute atomic E-state index is 12.9. The monoisotopic (exact) mass is 380 g/mol. The number of aromatic nitrogens is 3. The van der Waals surface area contributed by atoms with Crippen molar-refractivity contribution >= 4 is 18.1 Å². The molecule has 0 spiro atoms. The SMILES string of the molecule is CCN(CCc1ccccc1)C(=O)Cn1c(-c2ccc(C)cc2)n[nH]c1=S. The van der Waals surface area contributed by atoms with Gasteiger partial charge in [-0.3, -0.25) is 14.5 Å². The van der Waals surface area contributed by atoms with Crippen LogP contribution in [0.15, 0.2) is 54.6 Å². The molecule has 2 aromatic carbocycles. The smallest absolute Gasteiger partial charge is 0.242 e. The largest absolute Gasteiger partial charge is 0.341 e. The summed E-state index contributed by atoms with van der Waals surface area (Å²) in [5.41, 5.74) is 3.34. The van der Waals surface area contributed by atoms with E-state index in [0.29, 0.717) is 23.7 Å². The van der Waals surface area contributed by atoms with E-state index in [9.17, 15) is 4.79 Å². The molecule has 3 rings (SSSR count). The Morgan fingerprint density at radius 3 is 2.52 bits per heavy atom. The van der Waals surface area contributed by atoms with E-state index in [-0.39, 0.29) is 12.5 Å². The Bertz CT molecular complexity index is 944. The van der Waals surface area contributed by atoms with Crippen LogP contribution in [0.5, 0.6) is 0 Å². The maximum atomic E-state index is 12.9. The van der Waals surface area contributed by atoms with E-state index in [1.807, 2.05) is 61.2 Å². The number of nitrogens with zero attached hydrogens (tertiary/aromatic N) is 3. The zero-order valence-corrected chi connectivity index (χ0v) is 16.5. The van der Waals surface area contributed by atoms with Gasteiger partial charge in [-0.25, -0.2) is 0 Å². The third-order valence-electron chi connectivity index (χ3n) is 4.61. The van der Waals surface area contributed by atoms with Crippen molar-refractivity contribution in [2.45, 2.75) is 26.8 Å². The summed E-state index contributed by atoms with van der Waals surface area (Å²) in [5.74, 6) is 0.728. The number of aryl methyl sites for hydroxylation is 1. The van der Waals surface area contributed by atoms with Gasteiger partial charge < -0.3 is 4.90 Å². The molecule has 0 aliphatic rings. The average molecular weight is 381 g/mol. The lowest BCUT2D eigenvalue weighted by molar-refractivity contribution is -0.131. The first kappa shape index (κ1) is 19.0. The van der Waals surface area contributed by atoms with Crippen LogP contribution in [0.2, 0.25) is 0 Å². The number of benzene rings is 2. The van der Waals surface area contributed by atoms with Gasteiger partial charge in [0.15, 0.2) is 10.6 Å². The van der Waals surface area contributed by atoms with E-state index in [4.69, 9.17) is 12.2 Å². The normalized spacial score (nSPS) is 10.7. The van der Waals surface area contributed by atoms with Crippen molar-refractivity contribution in [3.05, 3.63) is 70.5 Å². The van der Waals surface area contributed by atoms with Gasteiger partial charge in [-0.1, -0.05) is 60.2 Å². The van der Waals surface area contributed by atoms with E-state index >= 15 is 0 Å². The van der Waals surface area contributed by atoms with Crippen LogP contribution in [0, 0.1) is 11.7 Å². The molecule has 1 aromatic heterocycles. The number of aromatic amines is 1. The fraction of sp³-hybridized carbons (Fsp3) is 0.286. The van der Waals surface area contributed by atoms with E-state index in [1.54, 1.807) is 4.57 Å². The summed E-state index contributed by atoms with van der Waals surface area (Å²) in [5, 5.41) is 7.14. The quantitative estimate of drug-likeness (QED) is 0.630. The minimum absolute atomic E-state index is 0.0410. The first-order valence-electron chi connectivity index (χ1n) is 9.12. The lowest BCUT2D eigenvalue weighted by Gasteiger charge is -2.21. The fourth-order valence-electron chi connectivity index (χ4n) is 2.99. The van der Waals surface area contributed by atoms with Gasteiger partial charge in [-0.05, 0) is 38.0 Å². The highest BCUT2D eigenvalue weighted by Gasteiger charge is 2.16. The Balaban J connectivity index is 1.73. The summed E-state index contributed by atoms with van der Waals surface area (Å²) in [6.07, 6.45) is 0.835. The lowest BCUT2D eigenvalue weighted by Crippen LogP contribution is -2.35. The second-order valence-electron chi connectivity index (χ2n) is 6.51. The second kappa shape index (κ2) is 8.77. The molecule has 5 nitrogen and oxygen atoms in total. The summed E-state index contributed by atoms with van der Waals surface area (Å²) in [6.45, 7) is 5.57. The molecule has 0 saturated carbocycles. The summed E-state index contributed by atoms with van der Waals surface area (Å²) >= 11 is 5.36. The molecule has 3 aromatic rings. The zero-order valence-electron chi connectivity index (χ0n) is 15.7. The molecule has 0 bridgehead atoms. The van der Waals surface area contributed by atoms with Gasteiger partial charge >= 0.3 is 0 Å². The van der Waals surface area contributed by atoms with Crippen LogP contribution in [-0.2, 0) is 17.8 Å². The highest BCUT2D eigenvalue weighted by molar-refractivity contribution is 7.71. The molecule has 1 N–H and O–H groups in total. The molecule has 1 heterocycles. The summed E-state index contributed by atoms with van der Waals surface area (Å²) in [6, 6.07) is 18.2. The third kappa shape index (κ3) is 4.71. The predicted octanol–water partition coefficient (Wildman–Crippen LogP) is 4.01. The number of carbonyl (C=O) groups excluding carboxylic acids is 1. The number of rotatable bonds is 7. The van der Waals surface area contributed by atoms with Gasteiger partial charge in [0.1, 0.15) is 6.54 Å². The molecular weight excluding hydrogens is 356 g/mol. The second-order valence-corrected chi connectivity index (χ2v) is 6.90. The first-order chi connectivity index (χ1) is 13.1. The topological polar surface area (TPSA) is 53.9 Å². The molecular formula is C21H24N4OS. The molecule has 0 aliphatic heterocycles. The molecule has 0 radical (unpaired) electrons. The highest BCUT2D eigenvalue weighted by Crippen LogP contribution is 2.18. The van der Waals surface area contributed by atoms with Crippen molar-refractivity contribution in [2.24, 2.45) is 0 Å². The number of hydrogen-bond donors (Lipinski definition) is 1. The Kier molecular flexibility index (Phi) is 6.19. The molecule has 140 valence electrons. The number of hydrogen-bond acceptors (Lipinski definition) is 3. The van der Waals surface area contributed by atoms with E-state index < -0.39 is 0 Å². The minimum atomic E-state index is 0.0410. The van der Waals surface area contributed by atoms with Crippen LogP contribution in [0.4, 0.5) is 0 Å². The van der Waals surface area contributed by atoms with E-state index in [0.717, 1.165) is 12.0 Å². The molecule has 0 saturated heterocycles. The van der Waals surface area contributed by atoms with Crippen molar-refractivity contribution in [1.82, 2.24) is 19.7 Å². The van der Waals surface area contributed by atoms with Crippen LogP contribution >= 0.6 is 12.2 Å². The molecule has 0 unspecified atom stereocenters. The maximum Gasteiger partial charge on any atom is 0.242 e. The van der Waals surface area contributed by atoms with Gasteiger partial charge in [0.25, 0.3) is 0 Å². The number of H-pyrrole nitrogens is 1. The first-order valence-corrected chi connectivity index (χ1v) is 9.53. The van der Waals surface area contributed by atoms with Gasteiger partial charge in [0.2, 0.25) is 5.91 Å². The summed E-state index contributed by atoms with van der Waals surface area (Å²) < 4.78 is 2.23. The molecule has 6 heteroatoms. The van der Waals surface area contributed by atoms with Gasteiger partial charge in [0.05, 0.1) is 0 Å². The van der Waals surface area contributed by atoms with Gasteiger partial charge in [0, 0.05) is 18.7 Å². The zero-order chi connectivity index (χ0) is 19.2. The molecule has 1 amide bonds. The van der Waals surface area contributed by atoms with Crippen molar-refractivity contribution in [2.75, 3.05) is 13.1 Å².